The Morgan fingerprint density at radius 3 is 3.07 bits per heavy atom. The van der Waals surface area contributed by atoms with Crippen LogP contribution in [0.3, 0.4) is 0 Å². The summed E-state index contributed by atoms with van der Waals surface area (Å²) in [6, 6.07) is 0. The van der Waals surface area contributed by atoms with Gasteiger partial charge < -0.3 is 14.6 Å². The molecule has 0 amide bonds. The zero-order valence-electron chi connectivity index (χ0n) is 8.69. The number of nitrogens with zero attached hydrogens (tertiary/aromatic N) is 2. The topological polar surface area (TPSA) is 73.2 Å². The number of anilines is 1. The number of hydrogen-bond donors (Lipinski definition) is 1. The van der Waals surface area contributed by atoms with Crippen molar-refractivity contribution in [2.24, 2.45) is 7.05 Å². The molecule has 0 bridgehead atoms. The number of carbonyl (C=O) groups excluding carboxylic acids is 1. The molecule has 82 valence electrons. The largest absolute Gasteiger partial charge is 0.465 e. The zero-order valence-corrected chi connectivity index (χ0v) is 8.69. The predicted octanol–water partition coefficient (Wildman–Crippen LogP) is -0.245. The summed E-state index contributed by atoms with van der Waals surface area (Å²) in [7, 11) is 1.61. The van der Waals surface area contributed by atoms with Crippen LogP contribution in [0.25, 0.3) is 0 Å². The molecule has 0 aromatic carbocycles. The van der Waals surface area contributed by atoms with Crippen LogP contribution in [0.5, 0.6) is 0 Å². The molecule has 0 spiro atoms. The second-order valence-corrected chi connectivity index (χ2v) is 2.85. The molecule has 6 nitrogen and oxygen atoms in total. The molecule has 0 saturated carbocycles. The van der Waals surface area contributed by atoms with Crippen molar-refractivity contribution in [3.05, 3.63) is 22.7 Å². The molecule has 1 aromatic heterocycles. The van der Waals surface area contributed by atoms with Crippen molar-refractivity contribution in [1.82, 2.24) is 9.55 Å². The van der Waals surface area contributed by atoms with Gasteiger partial charge >= 0.3 is 5.97 Å². The van der Waals surface area contributed by atoms with Crippen molar-refractivity contribution < 1.29 is 9.53 Å². The molecule has 0 aliphatic heterocycles. The Bertz CT molecular complexity index is 400. The number of aromatic nitrogens is 2. The second kappa shape index (κ2) is 5.14. The van der Waals surface area contributed by atoms with E-state index in [2.05, 4.69) is 10.3 Å². The molecule has 6 heteroatoms. The minimum Gasteiger partial charge on any atom is -0.465 e. The van der Waals surface area contributed by atoms with E-state index in [0.29, 0.717) is 6.61 Å². The zero-order chi connectivity index (χ0) is 11.3. The predicted molar refractivity (Wildman–Crippen MR) is 54.6 cm³/mol. The summed E-state index contributed by atoms with van der Waals surface area (Å²) >= 11 is 0. The Kier molecular flexibility index (Phi) is 3.84. The van der Waals surface area contributed by atoms with Crippen LogP contribution in [0.2, 0.25) is 0 Å². The van der Waals surface area contributed by atoms with Crippen molar-refractivity contribution in [1.29, 1.82) is 0 Å². The van der Waals surface area contributed by atoms with Crippen LogP contribution < -0.4 is 10.9 Å². The summed E-state index contributed by atoms with van der Waals surface area (Å²) in [4.78, 5) is 26.2. The number of esters is 1. The number of nitrogens with one attached hydrogen (secondary N) is 1. The normalized spacial score (nSPS) is 9.73. The van der Waals surface area contributed by atoms with E-state index in [1.807, 2.05) is 0 Å². The Morgan fingerprint density at radius 1 is 1.67 bits per heavy atom. The molecule has 0 fully saturated rings. The van der Waals surface area contributed by atoms with Gasteiger partial charge in [0.05, 0.1) is 6.61 Å². The molecule has 15 heavy (non-hydrogen) atoms. The van der Waals surface area contributed by atoms with Gasteiger partial charge in [0.25, 0.3) is 5.56 Å². The Labute approximate surface area is 86.9 Å². The van der Waals surface area contributed by atoms with Crippen molar-refractivity contribution >= 4 is 11.8 Å². The van der Waals surface area contributed by atoms with E-state index >= 15 is 0 Å². The summed E-state index contributed by atoms with van der Waals surface area (Å²) in [5.74, 6) is -0.266. The van der Waals surface area contributed by atoms with E-state index in [-0.39, 0.29) is 17.9 Å². The smallest absolute Gasteiger partial charge is 0.325 e. The number of rotatable bonds is 4. The van der Waals surface area contributed by atoms with Gasteiger partial charge in [-0.2, -0.15) is 0 Å². The highest BCUT2D eigenvalue weighted by Crippen LogP contribution is 1.91. The maximum atomic E-state index is 11.4. The molecule has 0 atom stereocenters. The first-order valence-electron chi connectivity index (χ1n) is 4.56. The summed E-state index contributed by atoms with van der Waals surface area (Å²) in [5, 5.41) is 2.62. The van der Waals surface area contributed by atoms with Crippen molar-refractivity contribution in [3.8, 4) is 0 Å². The first-order valence-corrected chi connectivity index (χ1v) is 4.56. The van der Waals surface area contributed by atoms with Crippen LogP contribution in [0.4, 0.5) is 5.82 Å². The molecule has 0 aliphatic rings. The molecule has 0 saturated heterocycles. The number of carbonyl (C=O) groups is 1. The highest BCUT2D eigenvalue weighted by Gasteiger charge is 2.05. The SMILES string of the molecule is CCOC(=O)CNc1nccn(C)c1=O. The fourth-order valence-electron chi connectivity index (χ4n) is 0.987. The molecule has 1 rings (SSSR count). The van der Waals surface area contributed by atoms with Gasteiger partial charge in [-0.15, -0.1) is 0 Å². The lowest BCUT2D eigenvalue weighted by atomic mass is 10.5. The van der Waals surface area contributed by atoms with Gasteiger partial charge in [0.15, 0.2) is 5.82 Å². The highest BCUT2D eigenvalue weighted by molar-refractivity contribution is 5.74. The summed E-state index contributed by atoms with van der Waals surface area (Å²) in [6.45, 7) is 1.98. The maximum Gasteiger partial charge on any atom is 0.325 e. The quantitative estimate of drug-likeness (QED) is 0.695. The first kappa shape index (κ1) is 11.2. The Hall–Kier alpha value is -1.85. The van der Waals surface area contributed by atoms with Crippen molar-refractivity contribution in [3.63, 3.8) is 0 Å². The van der Waals surface area contributed by atoms with E-state index in [4.69, 9.17) is 4.74 Å². The third-order valence-electron chi connectivity index (χ3n) is 1.72. The molecule has 0 unspecified atom stereocenters. The Morgan fingerprint density at radius 2 is 2.40 bits per heavy atom. The molecule has 1 heterocycles. The van der Waals surface area contributed by atoms with Gasteiger partial charge in [0.2, 0.25) is 0 Å². The van der Waals surface area contributed by atoms with Crippen LogP contribution in [-0.2, 0) is 16.6 Å². The monoisotopic (exact) mass is 211 g/mol. The maximum absolute atomic E-state index is 11.4. The second-order valence-electron chi connectivity index (χ2n) is 2.85. The molecule has 0 aliphatic carbocycles. The van der Waals surface area contributed by atoms with E-state index in [0.717, 1.165) is 0 Å². The van der Waals surface area contributed by atoms with Crippen LogP contribution in [-0.4, -0.2) is 28.7 Å². The highest BCUT2D eigenvalue weighted by atomic mass is 16.5. The van der Waals surface area contributed by atoms with Crippen LogP contribution in [0.1, 0.15) is 6.92 Å². The van der Waals surface area contributed by atoms with Crippen LogP contribution >= 0.6 is 0 Å². The molecular weight excluding hydrogens is 198 g/mol. The fraction of sp³-hybridized carbons (Fsp3) is 0.444. The summed E-state index contributed by atoms with van der Waals surface area (Å²) in [6.07, 6.45) is 3.02. The third kappa shape index (κ3) is 3.08. The average Bonchev–Trinajstić information content (AvgIpc) is 2.21. The summed E-state index contributed by atoms with van der Waals surface area (Å²) < 4.78 is 6.07. The van der Waals surface area contributed by atoms with E-state index in [1.165, 1.54) is 17.0 Å². The molecule has 1 aromatic rings. The fourth-order valence-corrected chi connectivity index (χ4v) is 0.987. The number of ether oxygens (including phenoxy) is 1. The standard InChI is InChI=1S/C9H13N3O3/c1-3-15-7(13)6-11-8-9(14)12(2)5-4-10-8/h4-5H,3,6H2,1-2H3,(H,10,11). The van der Waals surface area contributed by atoms with E-state index in [1.54, 1.807) is 14.0 Å². The van der Waals surface area contributed by atoms with Crippen molar-refractivity contribution in [2.45, 2.75) is 6.92 Å². The van der Waals surface area contributed by atoms with Crippen molar-refractivity contribution in [2.75, 3.05) is 18.5 Å². The van der Waals surface area contributed by atoms with Gasteiger partial charge in [-0.1, -0.05) is 0 Å². The minimum absolute atomic E-state index is 0.0555. The molecule has 1 N–H and O–H groups in total. The first-order chi connectivity index (χ1) is 7.15. The molecule has 0 radical (unpaired) electrons. The lowest BCUT2D eigenvalue weighted by Gasteiger charge is -2.05. The van der Waals surface area contributed by atoms with E-state index < -0.39 is 5.97 Å². The van der Waals surface area contributed by atoms with Gasteiger partial charge in [-0.25, -0.2) is 4.98 Å². The number of aryl methyl sites for hydroxylation is 1. The lowest BCUT2D eigenvalue weighted by molar-refractivity contribution is -0.140. The third-order valence-corrected chi connectivity index (χ3v) is 1.72. The van der Waals surface area contributed by atoms with Gasteiger partial charge in [-0.3, -0.25) is 9.59 Å². The van der Waals surface area contributed by atoms with Crippen LogP contribution in [0.15, 0.2) is 17.2 Å². The lowest BCUT2D eigenvalue weighted by Crippen LogP contribution is -2.25. The Balaban J connectivity index is 2.62. The van der Waals surface area contributed by atoms with Gasteiger partial charge in [0.1, 0.15) is 6.54 Å². The average molecular weight is 211 g/mol. The van der Waals surface area contributed by atoms with Gasteiger partial charge in [0, 0.05) is 19.4 Å². The minimum atomic E-state index is -0.412. The van der Waals surface area contributed by atoms with E-state index in [9.17, 15) is 9.59 Å². The van der Waals surface area contributed by atoms with Crippen LogP contribution in [0, 0.1) is 0 Å². The summed E-state index contributed by atoms with van der Waals surface area (Å²) in [5.41, 5.74) is -0.276. The molecular formula is C9H13N3O3. The number of hydrogen-bond acceptors (Lipinski definition) is 5. The van der Waals surface area contributed by atoms with Gasteiger partial charge in [-0.05, 0) is 6.92 Å².